The number of hydrogen-bond acceptors (Lipinski definition) is 8. The van der Waals surface area contributed by atoms with Crippen LogP contribution in [0, 0.1) is 23.7 Å². The zero-order chi connectivity index (χ0) is 36.9. The second kappa shape index (κ2) is 14.9. The molecule has 0 saturated heterocycles. The molecule has 12 nitrogen and oxygen atoms in total. The lowest BCUT2D eigenvalue weighted by Crippen LogP contribution is -2.70. The first-order chi connectivity index (χ1) is 24.9. The zero-order valence-corrected chi connectivity index (χ0v) is 32.4. The standard InChI is InChI=1S/C39H47N5O7S.ClH/c1-42(2)16-9-17-43(3)52(48,49)35-15-14-31(28-10-6-7-11-29(28)35)44-32(36-33(50-4)12-8-13-34(36)51-5)23-30(41-44)37(45)40-39(38(46)47)26-19-24-18-25(21-26)22-27(39)20-24;/h6-8,10-15,23-27H,9,16-22H2,1-5H3,(H,40,45)(H,46,47);1H. The lowest BCUT2D eigenvalue weighted by molar-refractivity contribution is -0.163. The molecule has 14 heteroatoms. The molecule has 4 aliphatic rings. The van der Waals surface area contributed by atoms with Gasteiger partial charge in [-0.3, -0.25) is 4.79 Å². The summed E-state index contributed by atoms with van der Waals surface area (Å²) in [5.74, 6) is 0.113. The van der Waals surface area contributed by atoms with E-state index in [9.17, 15) is 23.1 Å². The molecule has 3 aromatic carbocycles. The van der Waals surface area contributed by atoms with Crippen molar-refractivity contribution in [1.29, 1.82) is 0 Å². The first-order valence-corrected chi connectivity index (χ1v) is 19.3. The number of hydrogen-bond donors (Lipinski definition) is 2. The number of sulfonamides is 1. The smallest absolute Gasteiger partial charge is 0.330 e. The summed E-state index contributed by atoms with van der Waals surface area (Å²) in [5, 5.41) is 19.7. The first kappa shape index (κ1) is 38.6. The Kier molecular flexibility index (Phi) is 10.9. The van der Waals surface area contributed by atoms with Gasteiger partial charge in [0.2, 0.25) is 10.0 Å². The molecule has 4 fully saturated rings. The molecule has 0 spiro atoms. The molecule has 0 atom stereocenters. The monoisotopic (exact) mass is 765 g/mol. The van der Waals surface area contributed by atoms with Crippen molar-refractivity contribution in [3.05, 3.63) is 66.4 Å². The molecule has 8 rings (SSSR count). The number of nitrogens with one attached hydrogen (secondary N) is 1. The number of carbonyl (C=O) groups is 2. The van der Waals surface area contributed by atoms with Gasteiger partial charge in [-0.1, -0.05) is 30.3 Å². The predicted molar refractivity (Wildman–Crippen MR) is 205 cm³/mol. The third kappa shape index (κ3) is 6.66. The number of aromatic nitrogens is 2. The summed E-state index contributed by atoms with van der Waals surface area (Å²) in [4.78, 5) is 29.6. The van der Waals surface area contributed by atoms with Crippen LogP contribution in [0.3, 0.4) is 0 Å². The van der Waals surface area contributed by atoms with Crippen LogP contribution in [0.25, 0.3) is 27.7 Å². The zero-order valence-electron chi connectivity index (χ0n) is 30.7. The first-order valence-electron chi connectivity index (χ1n) is 17.9. The highest BCUT2D eigenvalue weighted by molar-refractivity contribution is 7.89. The Morgan fingerprint density at radius 2 is 1.49 bits per heavy atom. The van der Waals surface area contributed by atoms with Crippen LogP contribution in [0.1, 0.15) is 49.0 Å². The van der Waals surface area contributed by atoms with Gasteiger partial charge in [-0.05, 0) is 113 Å². The van der Waals surface area contributed by atoms with Gasteiger partial charge in [-0.2, -0.15) is 5.10 Å². The minimum Gasteiger partial charge on any atom is -0.496 e. The highest BCUT2D eigenvalue weighted by Gasteiger charge is 2.62. The van der Waals surface area contributed by atoms with Crippen molar-refractivity contribution < 1.29 is 32.6 Å². The van der Waals surface area contributed by atoms with Gasteiger partial charge in [-0.15, -0.1) is 12.4 Å². The molecule has 4 aromatic rings. The second-order valence-corrected chi connectivity index (χ2v) is 16.9. The quantitative estimate of drug-likeness (QED) is 0.175. The third-order valence-electron chi connectivity index (χ3n) is 11.6. The van der Waals surface area contributed by atoms with E-state index >= 15 is 0 Å². The van der Waals surface area contributed by atoms with Gasteiger partial charge >= 0.3 is 5.97 Å². The molecule has 0 radical (unpaired) electrons. The fourth-order valence-electron chi connectivity index (χ4n) is 9.31. The van der Waals surface area contributed by atoms with Crippen molar-refractivity contribution in [3.8, 4) is 28.4 Å². The van der Waals surface area contributed by atoms with Crippen LogP contribution in [-0.2, 0) is 14.8 Å². The lowest BCUT2D eigenvalue weighted by atomic mass is 9.48. The summed E-state index contributed by atoms with van der Waals surface area (Å²) < 4.78 is 42.4. The molecular formula is C39H48ClN5O7S. The molecule has 4 aliphatic carbocycles. The maximum atomic E-state index is 14.3. The molecule has 53 heavy (non-hydrogen) atoms. The van der Waals surface area contributed by atoms with Gasteiger partial charge in [-0.25, -0.2) is 22.2 Å². The maximum Gasteiger partial charge on any atom is 0.330 e. The number of benzene rings is 3. The lowest BCUT2D eigenvalue weighted by Gasteiger charge is -2.59. The molecule has 284 valence electrons. The van der Waals surface area contributed by atoms with Crippen molar-refractivity contribution in [2.24, 2.45) is 23.7 Å². The largest absolute Gasteiger partial charge is 0.496 e. The van der Waals surface area contributed by atoms with E-state index in [1.54, 1.807) is 74.5 Å². The van der Waals surface area contributed by atoms with Gasteiger partial charge in [0.05, 0.1) is 36.1 Å². The van der Waals surface area contributed by atoms with Crippen molar-refractivity contribution in [2.75, 3.05) is 48.5 Å². The Bertz CT molecular complexity index is 2090. The fraction of sp³-hybridized carbons (Fsp3) is 0.462. The molecule has 0 unspecified atom stereocenters. The van der Waals surface area contributed by atoms with Crippen LogP contribution < -0.4 is 14.8 Å². The number of methoxy groups -OCH3 is 2. The topological polar surface area (TPSA) is 143 Å². The number of amides is 1. The van der Waals surface area contributed by atoms with E-state index in [4.69, 9.17) is 14.6 Å². The Morgan fingerprint density at radius 3 is 2.06 bits per heavy atom. The highest BCUT2D eigenvalue weighted by atomic mass is 35.5. The second-order valence-electron chi connectivity index (χ2n) is 14.9. The number of carboxylic acid groups (broad SMARTS) is 1. The van der Waals surface area contributed by atoms with Gasteiger partial charge < -0.3 is 24.8 Å². The van der Waals surface area contributed by atoms with Gasteiger partial charge in [0, 0.05) is 24.4 Å². The number of aliphatic carboxylic acids is 1. The molecule has 4 bridgehead atoms. The summed E-state index contributed by atoms with van der Waals surface area (Å²) in [6.07, 6.45) is 5.00. The van der Waals surface area contributed by atoms with E-state index in [-0.39, 0.29) is 34.8 Å². The van der Waals surface area contributed by atoms with Crippen LogP contribution in [0.5, 0.6) is 11.5 Å². The third-order valence-corrected chi connectivity index (χ3v) is 13.5. The number of nitrogens with zero attached hydrogens (tertiary/aromatic N) is 4. The molecule has 1 amide bonds. The summed E-state index contributed by atoms with van der Waals surface area (Å²) >= 11 is 0. The van der Waals surface area contributed by atoms with Crippen LogP contribution in [-0.4, -0.2) is 98.4 Å². The summed E-state index contributed by atoms with van der Waals surface area (Å²) in [6, 6.07) is 17.5. The van der Waals surface area contributed by atoms with E-state index in [1.165, 1.54) is 4.31 Å². The Balaban J connectivity index is 0.00000481. The van der Waals surface area contributed by atoms with Crippen LogP contribution in [0.15, 0.2) is 65.6 Å². The van der Waals surface area contributed by atoms with Gasteiger partial charge in [0.25, 0.3) is 5.91 Å². The Labute approximate surface area is 316 Å². The number of halogens is 1. The van der Waals surface area contributed by atoms with Crippen molar-refractivity contribution in [1.82, 2.24) is 24.3 Å². The number of rotatable bonds is 13. The maximum absolute atomic E-state index is 14.3. The number of carbonyl (C=O) groups excluding carboxylic acids is 1. The van der Waals surface area contributed by atoms with Gasteiger partial charge in [0.1, 0.15) is 17.0 Å². The summed E-state index contributed by atoms with van der Waals surface area (Å²) in [5.41, 5.74) is 0.171. The molecule has 1 heterocycles. The SMILES string of the molecule is COc1cccc(OC)c1-c1cc(C(=O)NC2(C(=O)O)C3CC4CC(C3)CC2C4)nn1-c1ccc(S(=O)(=O)N(C)CCCN(C)C)c2ccccc12.Cl. The number of ether oxygens (including phenoxy) is 2. The summed E-state index contributed by atoms with van der Waals surface area (Å²) in [6.45, 7) is 1.10. The van der Waals surface area contributed by atoms with E-state index in [0.29, 0.717) is 64.0 Å². The Morgan fingerprint density at radius 1 is 0.887 bits per heavy atom. The highest BCUT2D eigenvalue weighted by Crippen LogP contribution is 2.58. The van der Waals surface area contributed by atoms with Crippen molar-refractivity contribution in [3.63, 3.8) is 0 Å². The van der Waals surface area contributed by atoms with Crippen LogP contribution in [0.4, 0.5) is 0 Å². The van der Waals surface area contributed by atoms with E-state index < -0.39 is 27.4 Å². The van der Waals surface area contributed by atoms with Crippen LogP contribution >= 0.6 is 12.4 Å². The molecule has 0 aliphatic heterocycles. The Hall–Kier alpha value is -4.17. The average molecular weight is 766 g/mol. The number of carboxylic acids is 1. The fourth-order valence-corrected chi connectivity index (χ4v) is 10.7. The number of fused-ring (bicyclic) bond motifs is 1. The van der Waals surface area contributed by atoms with Crippen LogP contribution in [0.2, 0.25) is 0 Å². The summed E-state index contributed by atoms with van der Waals surface area (Å²) in [7, 11) is 4.71. The average Bonchev–Trinajstić information content (AvgIpc) is 3.56. The van der Waals surface area contributed by atoms with E-state index in [0.717, 1.165) is 38.6 Å². The van der Waals surface area contributed by atoms with Gasteiger partial charge in [0.15, 0.2) is 5.69 Å². The predicted octanol–water partition coefficient (Wildman–Crippen LogP) is 5.71. The van der Waals surface area contributed by atoms with E-state index in [2.05, 4.69) is 5.32 Å². The minimum atomic E-state index is -3.87. The normalized spacial score (nSPS) is 23.3. The van der Waals surface area contributed by atoms with Crippen molar-refractivity contribution >= 4 is 45.1 Å². The molecule has 2 N–H and O–H groups in total. The van der Waals surface area contributed by atoms with E-state index in [1.807, 2.05) is 31.1 Å². The molecular weight excluding hydrogens is 718 g/mol. The van der Waals surface area contributed by atoms with Crippen molar-refractivity contribution in [2.45, 2.75) is 49.0 Å². The molecule has 1 aromatic heterocycles. The molecule has 4 saturated carbocycles. The minimum absolute atomic E-state index is 0.